The third kappa shape index (κ3) is 3.16. The summed E-state index contributed by atoms with van der Waals surface area (Å²) < 4.78 is 7.77. The van der Waals surface area contributed by atoms with Gasteiger partial charge in [0, 0.05) is 23.2 Å². The maximum Gasteiger partial charge on any atom is 0.134 e. The van der Waals surface area contributed by atoms with Crippen molar-refractivity contribution in [3.63, 3.8) is 0 Å². The van der Waals surface area contributed by atoms with Gasteiger partial charge in [-0.1, -0.05) is 18.2 Å². The number of aliphatic hydroxyl groups excluding tert-OH is 1. The molecule has 3 aromatic rings. The average molecular weight is 313 g/mol. The first-order valence-corrected chi connectivity index (χ1v) is 7.95. The maximum absolute atomic E-state index is 9.09. The van der Waals surface area contributed by atoms with Gasteiger partial charge in [-0.25, -0.2) is 0 Å². The smallest absolute Gasteiger partial charge is 0.134 e. The molecule has 0 amide bonds. The van der Waals surface area contributed by atoms with Gasteiger partial charge < -0.3 is 14.8 Å². The average Bonchev–Trinajstić information content (AvgIpc) is 3.08. The Morgan fingerprint density at radius 3 is 2.83 bits per heavy atom. The molecule has 0 radical (unpaired) electrons. The molecule has 5 nitrogen and oxygen atoms in total. The van der Waals surface area contributed by atoms with E-state index in [4.69, 9.17) is 9.52 Å². The minimum absolute atomic E-state index is 0.101. The number of para-hydroxylation sites is 1. The van der Waals surface area contributed by atoms with E-state index >= 15 is 0 Å². The zero-order valence-electron chi connectivity index (χ0n) is 13.8. The largest absolute Gasteiger partial charge is 0.459 e. The van der Waals surface area contributed by atoms with E-state index in [-0.39, 0.29) is 12.6 Å². The zero-order valence-corrected chi connectivity index (χ0v) is 13.8. The summed E-state index contributed by atoms with van der Waals surface area (Å²) in [6.07, 6.45) is 0. The summed E-state index contributed by atoms with van der Waals surface area (Å²) in [6, 6.07) is 10.2. The van der Waals surface area contributed by atoms with Crippen molar-refractivity contribution in [1.82, 2.24) is 15.1 Å². The second kappa shape index (κ2) is 6.56. The van der Waals surface area contributed by atoms with Crippen molar-refractivity contribution in [3.8, 4) is 0 Å². The topological polar surface area (TPSA) is 63.2 Å². The van der Waals surface area contributed by atoms with E-state index < -0.39 is 0 Å². The number of benzene rings is 1. The maximum atomic E-state index is 9.09. The third-order valence-electron chi connectivity index (χ3n) is 4.30. The molecule has 23 heavy (non-hydrogen) atoms. The van der Waals surface area contributed by atoms with Gasteiger partial charge in [0.05, 0.1) is 24.9 Å². The van der Waals surface area contributed by atoms with Crippen molar-refractivity contribution in [3.05, 3.63) is 53.0 Å². The Labute approximate surface area is 135 Å². The van der Waals surface area contributed by atoms with Gasteiger partial charge in [0.2, 0.25) is 0 Å². The number of hydrogen-bond acceptors (Lipinski definition) is 4. The first-order chi connectivity index (χ1) is 11.1. The number of hydrogen-bond donors (Lipinski definition) is 2. The Hall–Kier alpha value is -2.11. The van der Waals surface area contributed by atoms with Crippen LogP contribution in [0.25, 0.3) is 11.0 Å². The minimum Gasteiger partial charge on any atom is -0.459 e. The summed E-state index contributed by atoms with van der Waals surface area (Å²) in [5, 5.41) is 18.2. The number of aromatic nitrogens is 2. The van der Waals surface area contributed by atoms with Gasteiger partial charge in [-0.3, -0.25) is 4.68 Å². The van der Waals surface area contributed by atoms with E-state index in [9.17, 15) is 0 Å². The molecule has 0 spiro atoms. The molecule has 2 N–H and O–H groups in total. The molecular formula is C18H23N3O2. The van der Waals surface area contributed by atoms with Crippen molar-refractivity contribution in [2.45, 2.75) is 39.9 Å². The highest BCUT2D eigenvalue weighted by molar-refractivity contribution is 5.77. The highest BCUT2D eigenvalue weighted by Crippen LogP contribution is 2.24. The van der Waals surface area contributed by atoms with Crippen LogP contribution in [-0.2, 0) is 13.1 Å². The molecule has 1 aromatic carbocycles. The van der Waals surface area contributed by atoms with Gasteiger partial charge in [0.25, 0.3) is 0 Å². The number of furan rings is 1. The zero-order chi connectivity index (χ0) is 16.4. The number of nitrogens with zero attached hydrogens (tertiary/aromatic N) is 2. The highest BCUT2D eigenvalue weighted by atomic mass is 16.3. The molecule has 122 valence electrons. The van der Waals surface area contributed by atoms with Gasteiger partial charge in [0.15, 0.2) is 0 Å². The summed E-state index contributed by atoms with van der Waals surface area (Å²) in [6.45, 7) is 7.50. The van der Waals surface area contributed by atoms with Crippen LogP contribution in [0, 0.1) is 13.8 Å². The first-order valence-electron chi connectivity index (χ1n) is 7.95. The van der Waals surface area contributed by atoms with Crippen LogP contribution in [0.1, 0.15) is 35.7 Å². The van der Waals surface area contributed by atoms with E-state index in [1.807, 2.05) is 36.7 Å². The molecule has 0 fully saturated rings. The molecular weight excluding hydrogens is 290 g/mol. The molecule has 0 saturated carbocycles. The number of fused-ring (bicyclic) bond motifs is 1. The van der Waals surface area contributed by atoms with Crippen LogP contribution in [-0.4, -0.2) is 21.5 Å². The van der Waals surface area contributed by atoms with E-state index in [0.717, 1.165) is 34.7 Å². The monoisotopic (exact) mass is 313 g/mol. The molecule has 2 aromatic heterocycles. The van der Waals surface area contributed by atoms with E-state index in [0.29, 0.717) is 6.54 Å². The summed E-state index contributed by atoms with van der Waals surface area (Å²) in [5.74, 6) is 0.934. The van der Waals surface area contributed by atoms with E-state index in [1.54, 1.807) is 0 Å². The fraction of sp³-hybridized carbons (Fsp3) is 0.389. The Morgan fingerprint density at radius 1 is 1.30 bits per heavy atom. The fourth-order valence-electron chi connectivity index (χ4n) is 2.87. The van der Waals surface area contributed by atoms with Gasteiger partial charge >= 0.3 is 0 Å². The molecule has 0 bridgehead atoms. The third-order valence-corrected chi connectivity index (χ3v) is 4.30. The second-order valence-corrected chi connectivity index (χ2v) is 5.89. The van der Waals surface area contributed by atoms with Crippen molar-refractivity contribution in [2.24, 2.45) is 0 Å². The summed E-state index contributed by atoms with van der Waals surface area (Å²) in [4.78, 5) is 0. The number of aliphatic hydroxyl groups is 1. The predicted molar refractivity (Wildman–Crippen MR) is 90.3 cm³/mol. The molecule has 0 aliphatic carbocycles. The normalized spacial score (nSPS) is 12.9. The number of aryl methyl sites for hydroxylation is 1. The first kappa shape index (κ1) is 15.8. The standard InChI is InChI=1S/C18H23N3O2/c1-12-16(14(3)21(20-12)8-9-22)11-19-13(2)18-10-15-6-4-5-7-17(15)23-18/h4-7,10,13,19,22H,8-9,11H2,1-3H3. The van der Waals surface area contributed by atoms with Crippen molar-refractivity contribution in [1.29, 1.82) is 0 Å². The van der Waals surface area contributed by atoms with Gasteiger partial charge in [-0.2, -0.15) is 5.10 Å². The highest BCUT2D eigenvalue weighted by Gasteiger charge is 2.15. The van der Waals surface area contributed by atoms with Gasteiger partial charge in [-0.05, 0) is 32.9 Å². The molecule has 1 atom stereocenters. The lowest BCUT2D eigenvalue weighted by Crippen LogP contribution is -2.18. The van der Waals surface area contributed by atoms with Crippen LogP contribution in [0.3, 0.4) is 0 Å². The SMILES string of the molecule is Cc1nn(CCO)c(C)c1CNC(C)c1cc2ccccc2o1. The van der Waals surface area contributed by atoms with Crippen molar-refractivity contribution in [2.75, 3.05) is 6.61 Å². The lowest BCUT2D eigenvalue weighted by molar-refractivity contribution is 0.267. The van der Waals surface area contributed by atoms with E-state index in [1.165, 1.54) is 5.56 Å². The summed E-state index contributed by atoms with van der Waals surface area (Å²) in [7, 11) is 0. The van der Waals surface area contributed by atoms with Gasteiger partial charge in [-0.15, -0.1) is 0 Å². The quantitative estimate of drug-likeness (QED) is 0.734. The second-order valence-electron chi connectivity index (χ2n) is 5.89. The molecule has 0 aliphatic rings. The molecule has 1 unspecified atom stereocenters. The predicted octanol–water partition coefficient (Wildman–Crippen LogP) is 3.09. The summed E-state index contributed by atoms with van der Waals surface area (Å²) in [5.41, 5.74) is 4.20. The molecule has 3 rings (SSSR count). The van der Waals surface area contributed by atoms with Crippen LogP contribution in [0.2, 0.25) is 0 Å². The lowest BCUT2D eigenvalue weighted by Gasteiger charge is -2.11. The number of rotatable bonds is 6. The lowest BCUT2D eigenvalue weighted by atomic mass is 10.1. The van der Waals surface area contributed by atoms with Crippen LogP contribution in [0.4, 0.5) is 0 Å². The number of nitrogens with one attached hydrogen (secondary N) is 1. The fourth-order valence-corrected chi connectivity index (χ4v) is 2.87. The van der Waals surface area contributed by atoms with Crippen LogP contribution < -0.4 is 5.32 Å². The molecule has 5 heteroatoms. The van der Waals surface area contributed by atoms with Crippen LogP contribution in [0.5, 0.6) is 0 Å². The Balaban J connectivity index is 1.72. The van der Waals surface area contributed by atoms with E-state index in [2.05, 4.69) is 29.5 Å². The minimum atomic E-state index is 0.101. The molecule has 0 saturated heterocycles. The Bertz CT molecular complexity index is 771. The van der Waals surface area contributed by atoms with Crippen molar-refractivity contribution < 1.29 is 9.52 Å². The van der Waals surface area contributed by atoms with Gasteiger partial charge in [0.1, 0.15) is 11.3 Å². The molecule has 0 aliphatic heterocycles. The summed E-state index contributed by atoms with van der Waals surface area (Å²) >= 11 is 0. The molecule has 2 heterocycles. The Kier molecular flexibility index (Phi) is 4.50. The Morgan fingerprint density at radius 2 is 2.09 bits per heavy atom. The van der Waals surface area contributed by atoms with Crippen LogP contribution in [0.15, 0.2) is 34.7 Å². The van der Waals surface area contributed by atoms with Crippen molar-refractivity contribution >= 4 is 11.0 Å². The van der Waals surface area contributed by atoms with Crippen LogP contribution >= 0.6 is 0 Å².